The summed E-state index contributed by atoms with van der Waals surface area (Å²) in [5.74, 6) is 0.573. The van der Waals surface area contributed by atoms with Gasteiger partial charge in [0.25, 0.3) is 17.6 Å². The molecule has 2 N–H and O–H groups in total. The number of carbonyl (C=O) groups excluding carboxylic acids is 3. The minimum absolute atomic E-state index is 0.0233. The molecular formula is C44H46N8O5. The summed E-state index contributed by atoms with van der Waals surface area (Å²) < 4.78 is 13.0. The molecule has 13 heteroatoms. The molecule has 292 valence electrons. The van der Waals surface area contributed by atoms with Crippen LogP contribution in [0.5, 0.6) is 5.75 Å². The fourth-order valence-corrected chi connectivity index (χ4v) is 7.48. The Kier molecular flexibility index (Phi) is 10.4. The van der Waals surface area contributed by atoms with Gasteiger partial charge in [-0.15, -0.1) is 0 Å². The molecule has 8 rings (SSSR count). The highest BCUT2D eigenvalue weighted by Crippen LogP contribution is 2.32. The normalized spacial score (nSPS) is 16.8. The van der Waals surface area contributed by atoms with Gasteiger partial charge in [0.1, 0.15) is 12.1 Å². The molecule has 2 aliphatic rings. The smallest absolute Gasteiger partial charge is 0.292 e. The number of imide groups is 1. The van der Waals surface area contributed by atoms with Gasteiger partial charge in [-0.05, 0) is 90.9 Å². The molecule has 5 heterocycles. The maximum atomic E-state index is 12.7. The quantitative estimate of drug-likeness (QED) is 0.147. The van der Waals surface area contributed by atoms with E-state index in [1.807, 2.05) is 62.7 Å². The van der Waals surface area contributed by atoms with Gasteiger partial charge in [-0.3, -0.25) is 24.6 Å². The van der Waals surface area contributed by atoms with Crippen LogP contribution in [0.15, 0.2) is 89.8 Å². The van der Waals surface area contributed by atoms with E-state index in [-0.39, 0.29) is 29.0 Å². The first-order valence-corrected chi connectivity index (χ1v) is 19.4. The number of piperidine rings is 2. The van der Waals surface area contributed by atoms with E-state index in [0.717, 1.165) is 71.5 Å². The number of likely N-dealkylation sites (tertiary alicyclic amines) is 1. The van der Waals surface area contributed by atoms with Crippen molar-refractivity contribution in [2.45, 2.75) is 83.9 Å². The van der Waals surface area contributed by atoms with Crippen molar-refractivity contribution < 1.29 is 23.6 Å². The molecule has 0 spiro atoms. The van der Waals surface area contributed by atoms with Gasteiger partial charge in [0.15, 0.2) is 6.10 Å². The molecule has 1 atom stereocenters. The van der Waals surface area contributed by atoms with Crippen molar-refractivity contribution in [1.82, 2.24) is 40.3 Å². The Morgan fingerprint density at radius 2 is 1.70 bits per heavy atom. The Morgan fingerprint density at radius 1 is 0.947 bits per heavy atom. The number of rotatable bonds is 10. The van der Waals surface area contributed by atoms with Crippen LogP contribution in [-0.4, -0.2) is 66.6 Å². The van der Waals surface area contributed by atoms with Crippen molar-refractivity contribution >= 4 is 23.2 Å². The SMILES string of the molecule is Cc1cc(-c2ncnn3cc(-c4ccc(CN5CCC(c6ccc(O[C@H]7CCC(=O)NC7=O)cc6)CC5)cc4)cc23)ccc1CNC(=O)c1noc(C(C)(C)C)n1. The molecule has 3 aromatic heterocycles. The lowest BCUT2D eigenvalue weighted by Crippen LogP contribution is -2.46. The van der Waals surface area contributed by atoms with Crippen LogP contribution < -0.4 is 15.4 Å². The van der Waals surface area contributed by atoms with E-state index in [1.54, 1.807) is 6.33 Å². The highest BCUT2D eigenvalue weighted by Gasteiger charge is 2.29. The molecule has 0 bridgehead atoms. The Morgan fingerprint density at radius 3 is 2.40 bits per heavy atom. The summed E-state index contributed by atoms with van der Waals surface area (Å²) in [5, 5.41) is 13.6. The van der Waals surface area contributed by atoms with Crippen molar-refractivity contribution in [3.8, 4) is 28.1 Å². The second kappa shape index (κ2) is 15.7. The summed E-state index contributed by atoms with van der Waals surface area (Å²) in [4.78, 5) is 47.6. The number of fused-ring (bicyclic) bond motifs is 1. The van der Waals surface area contributed by atoms with Gasteiger partial charge in [0.05, 0.1) is 11.2 Å². The maximum absolute atomic E-state index is 12.7. The fraction of sp³-hybridized carbons (Fsp3) is 0.341. The Labute approximate surface area is 330 Å². The monoisotopic (exact) mass is 766 g/mol. The summed E-state index contributed by atoms with van der Waals surface area (Å²) in [6.45, 7) is 11.1. The standard InChI is InChI=1S/C44H46N8O5/c1-27-21-32(9-10-33(27)23-45-42(55)40-49-43(57-50-40)44(2,3)4)39-36-22-34(25-52(36)47-26-46-39)30-7-5-28(6-8-30)24-51-19-17-31(18-20-51)29-11-13-35(14-12-29)56-37-15-16-38(53)48-41(37)54/h5-14,21-22,25-26,31,37H,15-20,23-24H2,1-4H3,(H,45,55)(H,48,53,54)/t37-/m0/s1. The van der Waals surface area contributed by atoms with Crippen LogP contribution >= 0.6 is 0 Å². The third kappa shape index (κ3) is 8.48. The average molecular weight is 767 g/mol. The number of nitrogens with zero attached hydrogens (tertiary/aromatic N) is 6. The number of hydrogen-bond acceptors (Lipinski definition) is 10. The van der Waals surface area contributed by atoms with Gasteiger partial charge in [0, 0.05) is 48.7 Å². The molecular weight excluding hydrogens is 721 g/mol. The largest absolute Gasteiger partial charge is 0.481 e. The molecule has 0 unspecified atom stereocenters. The first-order chi connectivity index (χ1) is 27.5. The predicted octanol–water partition coefficient (Wildman–Crippen LogP) is 6.55. The van der Waals surface area contributed by atoms with Gasteiger partial charge in [-0.2, -0.15) is 10.1 Å². The molecule has 2 fully saturated rings. The molecule has 0 radical (unpaired) electrons. The summed E-state index contributed by atoms with van der Waals surface area (Å²) in [6.07, 6.45) is 5.84. The van der Waals surface area contributed by atoms with E-state index in [0.29, 0.717) is 36.9 Å². The lowest BCUT2D eigenvalue weighted by Gasteiger charge is -2.32. The zero-order valence-electron chi connectivity index (χ0n) is 32.6. The van der Waals surface area contributed by atoms with Crippen LogP contribution in [0.25, 0.3) is 27.9 Å². The van der Waals surface area contributed by atoms with E-state index in [2.05, 4.69) is 84.3 Å². The van der Waals surface area contributed by atoms with Crippen molar-refractivity contribution in [2.75, 3.05) is 13.1 Å². The van der Waals surface area contributed by atoms with Crippen LogP contribution in [-0.2, 0) is 28.1 Å². The number of benzene rings is 3. The highest BCUT2D eigenvalue weighted by atomic mass is 16.5. The molecule has 13 nitrogen and oxygen atoms in total. The van der Waals surface area contributed by atoms with Crippen molar-refractivity contribution in [2.24, 2.45) is 0 Å². The van der Waals surface area contributed by atoms with Gasteiger partial charge in [0.2, 0.25) is 11.8 Å². The van der Waals surface area contributed by atoms with Crippen LogP contribution in [0, 0.1) is 6.92 Å². The molecule has 3 amide bonds. The van der Waals surface area contributed by atoms with Gasteiger partial charge < -0.3 is 14.6 Å². The molecule has 2 saturated heterocycles. The minimum atomic E-state index is -0.626. The summed E-state index contributed by atoms with van der Waals surface area (Å²) in [7, 11) is 0. The summed E-state index contributed by atoms with van der Waals surface area (Å²) in [6, 6.07) is 25.1. The molecule has 0 aliphatic carbocycles. The maximum Gasteiger partial charge on any atom is 0.292 e. The molecule has 57 heavy (non-hydrogen) atoms. The number of hydrogen-bond donors (Lipinski definition) is 2. The number of ether oxygens (including phenoxy) is 1. The second-order valence-corrected chi connectivity index (χ2v) is 16.0. The topological polar surface area (TPSA) is 157 Å². The van der Waals surface area contributed by atoms with Gasteiger partial charge in [-0.25, -0.2) is 9.50 Å². The third-order valence-corrected chi connectivity index (χ3v) is 10.8. The minimum Gasteiger partial charge on any atom is -0.481 e. The first-order valence-electron chi connectivity index (χ1n) is 19.4. The summed E-state index contributed by atoms with van der Waals surface area (Å²) in [5.41, 5.74) is 9.08. The van der Waals surface area contributed by atoms with Crippen LogP contribution in [0.1, 0.15) is 91.1 Å². The first kappa shape index (κ1) is 37.7. The predicted molar refractivity (Wildman–Crippen MR) is 213 cm³/mol. The Balaban J connectivity index is 0.858. The number of aromatic nitrogens is 5. The zero-order valence-corrected chi connectivity index (χ0v) is 32.6. The van der Waals surface area contributed by atoms with Gasteiger partial charge >= 0.3 is 0 Å². The number of amides is 3. The van der Waals surface area contributed by atoms with E-state index < -0.39 is 6.10 Å². The van der Waals surface area contributed by atoms with E-state index in [9.17, 15) is 14.4 Å². The third-order valence-electron chi connectivity index (χ3n) is 10.8. The summed E-state index contributed by atoms with van der Waals surface area (Å²) >= 11 is 0. The highest BCUT2D eigenvalue weighted by molar-refractivity contribution is 6.00. The number of nitrogens with one attached hydrogen (secondary N) is 2. The van der Waals surface area contributed by atoms with Gasteiger partial charge in [-0.1, -0.05) is 74.5 Å². The molecule has 2 aliphatic heterocycles. The molecule has 0 saturated carbocycles. The van der Waals surface area contributed by atoms with Crippen molar-refractivity contribution in [1.29, 1.82) is 0 Å². The zero-order chi connectivity index (χ0) is 39.7. The lowest BCUT2D eigenvalue weighted by molar-refractivity contribution is -0.138. The molecule has 6 aromatic rings. The van der Waals surface area contributed by atoms with E-state index in [4.69, 9.17) is 9.26 Å². The lowest BCUT2D eigenvalue weighted by atomic mass is 9.89. The second-order valence-electron chi connectivity index (χ2n) is 16.0. The van der Waals surface area contributed by atoms with Crippen LogP contribution in [0.3, 0.4) is 0 Å². The molecule has 3 aromatic carbocycles. The fourth-order valence-electron chi connectivity index (χ4n) is 7.48. The number of aryl methyl sites for hydroxylation is 1. The number of carbonyl (C=O) groups is 3. The Hall–Kier alpha value is -6.21. The van der Waals surface area contributed by atoms with Crippen LogP contribution in [0.2, 0.25) is 0 Å². The van der Waals surface area contributed by atoms with Crippen molar-refractivity contribution in [3.05, 3.63) is 119 Å². The van der Waals surface area contributed by atoms with Crippen LogP contribution in [0.4, 0.5) is 0 Å². The van der Waals surface area contributed by atoms with E-state index >= 15 is 0 Å². The Bertz CT molecular complexity index is 2420. The average Bonchev–Trinajstić information content (AvgIpc) is 3.89. The van der Waals surface area contributed by atoms with Crippen molar-refractivity contribution in [3.63, 3.8) is 0 Å². The van der Waals surface area contributed by atoms with E-state index in [1.165, 1.54) is 11.1 Å².